The van der Waals surface area contributed by atoms with Gasteiger partial charge in [0.25, 0.3) is 0 Å². The van der Waals surface area contributed by atoms with E-state index in [2.05, 4.69) is 0 Å². The van der Waals surface area contributed by atoms with Gasteiger partial charge in [-0.05, 0) is 12.1 Å². The number of hydrogen-bond donors (Lipinski definition) is 1. The van der Waals surface area contributed by atoms with Crippen LogP contribution in [0.5, 0.6) is 0 Å². The number of benzene rings is 1. The number of rotatable bonds is 2. The molecule has 0 saturated heterocycles. The Labute approximate surface area is 69.2 Å². The monoisotopic (exact) mass is 191 g/mol. The summed E-state index contributed by atoms with van der Waals surface area (Å²) in [5.41, 5.74) is 0. The Hall–Kier alpha value is -0.970. The Kier molecular flexibility index (Phi) is 2.42. The molecule has 1 aromatic rings. The van der Waals surface area contributed by atoms with Gasteiger partial charge in [-0.2, -0.15) is 8.78 Å². The lowest BCUT2D eigenvalue weighted by molar-refractivity contribution is 0.241. The van der Waals surface area contributed by atoms with E-state index in [1.54, 1.807) is 6.07 Å². The highest BCUT2D eigenvalue weighted by atomic mass is 32.2. The van der Waals surface area contributed by atoms with Crippen LogP contribution in [0.2, 0.25) is 0 Å². The number of hydrogen-bond acceptors (Lipinski definition) is 2. The van der Waals surface area contributed by atoms with Crippen molar-refractivity contribution in [1.29, 1.82) is 4.78 Å². The van der Waals surface area contributed by atoms with Crippen LogP contribution in [-0.2, 0) is 9.73 Å². The van der Waals surface area contributed by atoms with E-state index in [1.165, 1.54) is 24.3 Å². The lowest BCUT2D eigenvalue weighted by Gasteiger charge is -2.04. The fraction of sp³-hybridized carbons (Fsp3) is 0.143. The molecule has 0 aromatic heterocycles. The van der Waals surface area contributed by atoms with Gasteiger partial charge in [0.2, 0.25) is 0 Å². The molecule has 0 fully saturated rings. The normalized spacial score (nSPS) is 15.9. The Morgan fingerprint density at radius 1 is 1.25 bits per heavy atom. The predicted octanol–water partition coefficient (Wildman–Crippen LogP) is 2.31. The van der Waals surface area contributed by atoms with Crippen molar-refractivity contribution in [2.45, 2.75) is 10.7 Å². The summed E-state index contributed by atoms with van der Waals surface area (Å²) in [6.07, 6.45) is 0. The van der Waals surface area contributed by atoms with Gasteiger partial charge < -0.3 is 0 Å². The maximum Gasteiger partial charge on any atom is 0.323 e. The molecule has 0 aliphatic rings. The third-order valence-corrected chi connectivity index (χ3v) is 2.82. The van der Waals surface area contributed by atoms with Crippen LogP contribution in [0.1, 0.15) is 0 Å². The summed E-state index contributed by atoms with van der Waals surface area (Å²) >= 11 is 0. The molecule has 1 N–H and O–H groups in total. The van der Waals surface area contributed by atoms with Crippen LogP contribution in [0, 0.1) is 4.78 Å². The lowest BCUT2D eigenvalue weighted by atomic mass is 10.4. The summed E-state index contributed by atoms with van der Waals surface area (Å²) in [6, 6.07) is 7.10. The molecule has 0 radical (unpaired) electrons. The first kappa shape index (κ1) is 9.12. The SMILES string of the molecule is N=[S@@](=O)(c1ccccc1)C(F)F. The first-order valence-corrected chi connectivity index (χ1v) is 4.78. The third-order valence-electron chi connectivity index (χ3n) is 1.34. The highest BCUT2D eigenvalue weighted by Gasteiger charge is 2.21. The second-order valence-corrected chi connectivity index (χ2v) is 4.20. The largest absolute Gasteiger partial charge is 0.323 e. The summed E-state index contributed by atoms with van der Waals surface area (Å²) in [7, 11) is -3.91. The molecular formula is C7H7F2NOS. The molecule has 1 rings (SSSR count). The van der Waals surface area contributed by atoms with Gasteiger partial charge in [-0.3, -0.25) is 0 Å². The Morgan fingerprint density at radius 3 is 2.17 bits per heavy atom. The van der Waals surface area contributed by atoms with Crippen molar-refractivity contribution in [3.8, 4) is 0 Å². The maximum absolute atomic E-state index is 12.0. The molecule has 0 bridgehead atoms. The molecule has 0 unspecified atom stereocenters. The van der Waals surface area contributed by atoms with Gasteiger partial charge in [0.1, 0.15) is 9.73 Å². The van der Waals surface area contributed by atoms with Crippen LogP contribution in [0.4, 0.5) is 8.78 Å². The Bertz CT molecular complexity index is 347. The zero-order chi connectivity index (χ0) is 9.19. The van der Waals surface area contributed by atoms with Crippen LogP contribution in [0.15, 0.2) is 35.2 Å². The van der Waals surface area contributed by atoms with Gasteiger partial charge in [-0.15, -0.1) is 0 Å². The highest BCUT2D eigenvalue weighted by molar-refractivity contribution is 7.92. The summed E-state index contributed by atoms with van der Waals surface area (Å²) in [4.78, 5) is -0.125. The zero-order valence-corrected chi connectivity index (χ0v) is 6.85. The first-order valence-electron chi connectivity index (χ1n) is 3.16. The fourth-order valence-electron chi connectivity index (χ4n) is 0.726. The minimum Gasteiger partial charge on any atom is -0.244 e. The number of nitrogens with one attached hydrogen (secondary N) is 1. The molecule has 66 valence electrons. The molecule has 0 heterocycles. The molecule has 12 heavy (non-hydrogen) atoms. The molecule has 2 nitrogen and oxygen atoms in total. The van der Waals surface area contributed by atoms with E-state index in [1.807, 2.05) is 0 Å². The predicted molar refractivity (Wildman–Crippen MR) is 41.6 cm³/mol. The summed E-state index contributed by atoms with van der Waals surface area (Å²) < 4.78 is 42.0. The average molecular weight is 191 g/mol. The van der Waals surface area contributed by atoms with Crippen LogP contribution < -0.4 is 0 Å². The molecule has 5 heteroatoms. The van der Waals surface area contributed by atoms with Crippen molar-refractivity contribution in [2.24, 2.45) is 0 Å². The van der Waals surface area contributed by atoms with Crippen molar-refractivity contribution >= 4 is 9.73 Å². The quantitative estimate of drug-likeness (QED) is 0.765. The van der Waals surface area contributed by atoms with Gasteiger partial charge in [0.15, 0.2) is 0 Å². The van der Waals surface area contributed by atoms with E-state index in [9.17, 15) is 13.0 Å². The van der Waals surface area contributed by atoms with Crippen LogP contribution >= 0.6 is 0 Å². The van der Waals surface area contributed by atoms with E-state index in [0.717, 1.165) is 0 Å². The molecule has 0 aliphatic carbocycles. The third kappa shape index (κ3) is 1.61. The van der Waals surface area contributed by atoms with E-state index < -0.39 is 15.5 Å². The second-order valence-electron chi connectivity index (χ2n) is 2.17. The number of alkyl halides is 2. The number of halogens is 2. The van der Waals surface area contributed by atoms with E-state index in [0.29, 0.717) is 0 Å². The summed E-state index contributed by atoms with van der Waals surface area (Å²) in [6.45, 7) is 0. The Morgan fingerprint density at radius 2 is 1.75 bits per heavy atom. The first-order chi connectivity index (χ1) is 5.55. The van der Waals surface area contributed by atoms with Gasteiger partial charge in [-0.25, -0.2) is 8.99 Å². The van der Waals surface area contributed by atoms with E-state index in [4.69, 9.17) is 4.78 Å². The highest BCUT2D eigenvalue weighted by Crippen LogP contribution is 2.17. The van der Waals surface area contributed by atoms with Gasteiger partial charge in [0.05, 0.1) is 4.90 Å². The van der Waals surface area contributed by atoms with Crippen molar-refractivity contribution < 1.29 is 13.0 Å². The molecule has 1 aromatic carbocycles. The van der Waals surface area contributed by atoms with Crippen LogP contribution in [0.25, 0.3) is 0 Å². The molecule has 1 atom stereocenters. The second kappa shape index (κ2) is 3.18. The van der Waals surface area contributed by atoms with Crippen LogP contribution in [-0.4, -0.2) is 9.97 Å². The standard InChI is InChI=1S/C7H7F2NOS/c8-7(9)12(10,11)6-4-2-1-3-5-6/h1-5,7,10H/t12-/m1/s1. The lowest BCUT2D eigenvalue weighted by Crippen LogP contribution is -2.08. The topological polar surface area (TPSA) is 40.9 Å². The smallest absolute Gasteiger partial charge is 0.244 e. The molecule has 0 amide bonds. The van der Waals surface area contributed by atoms with Gasteiger partial charge in [-0.1, -0.05) is 18.2 Å². The Balaban J connectivity index is 3.17. The molecule has 0 saturated carbocycles. The van der Waals surface area contributed by atoms with Crippen molar-refractivity contribution in [3.63, 3.8) is 0 Å². The van der Waals surface area contributed by atoms with E-state index >= 15 is 0 Å². The van der Waals surface area contributed by atoms with Crippen molar-refractivity contribution in [1.82, 2.24) is 0 Å². The summed E-state index contributed by atoms with van der Waals surface area (Å²) in [5.74, 6) is -3.13. The summed E-state index contributed by atoms with van der Waals surface area (Å²) in [5, 5.41) is 0. The zero-order valence-electron chi connectivity index (χ0n) is 6.04. The van der Waals surface area contributed by atoms with Crippen molar-refractivity contribution in [2.75, 3.05) is 0 Å². The van der Waals surface area contributed by atoms with Gasteiger partial charge >= 0.3 is 5.76 Å². The average Bonchev–Trinajstić information content (AvgIpc) is 2.06. The molecular weight excluding hydrogens is 184 g/mol. The fourth-order valence-corrected chi connectivity index (χ4v) is 1.49. The molecule has 0 spiro atoms. The minimum absolute atomic E-state index is 0.125. The van der Waals surface area contributed by atoms with Crippen molar-refractivity contribution in [3.05, 3.63) is 30.3 Å². The van der Waals surface area contributed by atoms with Crippen LogP contribution in [0.3, 0.4) is 0 Å². The molecule has 0 aliphatic heterocycles. The maximum atomic E-state index is 12.0. The van der Waals surface area contributed by atoms with Gasteiger partial charge in [0, 0.05) is 0 Å². The minimum atomic E-state index is -3.91. The van der Waals surface area contributed by atoms with E-state index in [-0.39, 0.29) is 4.90 Å².